The second-order valence-electron chi connectivity index (χ2n) is 3.19. The lowest BCUT2D eigenvalue weighted by atomic mass is 10.3. The van der Waals surface area contributed by atoms with Gasteiger partial charge in [0.05, 0.1) is 5.69 Å². The zero-order chi connectivity index (χ0) is 11.4. The van der Waals surface area contributed by atoms with Gasteiger partial charge in [-0.3, -0.25) is 0 Å². The molecule has 4 heteroatoms. The van der Waals surface area contributed by atoms with E-state index < -0.39 is 5.95 Å². The topological polar surface area (TPSA) is 24.9 Å². The number of rotatable bonds is 3. The van der Waals surface area contributed by atoms with Gasteiger partial charge >= 0.3 is 0 Å². The van der Waals surface area contributed by atoms with Crippen LogP contribution < -0.4 is 5.32 Å². The summed E-state index contributed by atoms with van der Waals surface area (Å²) in [6.07, 6.45) is 3.45. The van der Waals surface area contributed by atoms with Gasteiger partial charge in [0, 0.05) is 22.8 Å². The van der Waals surface area contributed by atoms with Crippen molar-refractivity contribution >= 4 is 23.1 Å². The summed E-state index contributed by atoms with van der Waals surface area (Å²) >= 11 is 1.65. The van der Waals surface area contributed by atoms with Gasteiger partial charge in [0.1, 0.15) is 0 Å². The van der Waals surface area contributed by atoms with Crippen LogP contribution in [0.1, 0.15) is 0 Å². The van der Waals surface area contributed by atoms with E-state index in [0.717, 1.165) is 10.6 Å². The Morgan fingerprint density at radius 1 is 1.25 bits per heavy atom. The minimum atomic E-state index is -0.480. The Morgan fingerprint density at radius 3 is 2.81 bits per heavy atom. The van der Waals surface area contributed by atoms with Crippen LogP contribution in [0, 0.1) is 5.95 Å². The molecule has 0 saturated carbocycles. The molecule has 1 N–H and O–H groups in total. The Balaban J connectivity index is 2.26. The molecule has 0 fully saturated rings. The Hall–Kier alpha value is -1.55. The van der Waals surface area contributed by atoms with Crippen molar-refractivity contribution in [2.45, 2.75) is 4.90 Å². The highest BCUT2D eigenvalue weighted by molar-refractivity contribution is 7.98. The first-order valence-electron chi connectivity index (χ1n) is 4.81. The third-order valence-electron chi connectivity index (χ3n) is 2.11. The molecule has 0 spiro atoms. The summed E-state index contributed by atoms with van der Waals surface area (Å²) < 4.78 is 12.9. The molecule has 0 amide bonds. The van der Waals surface area contributed by atoms with Crippen LogP contribution in [0.2, 0.25) is 0 Å². The van der Waals surface area contributed by atoms with Crippen LogP contribution in [-0.4, -0.2) is 11.2 Å². The monoisotopic (exact) mass is 234 g/mol. The predicted molar refractivity (Wildman–Crippen MR) is 65.7 cm³/mol. The van der Waals surface area contributed by atoms with Crippen molar-refractivity contribution in [2.75, 3.05) is 11.6 Å². The molecule has 1 heterocycles. The molecule has 1 aromatic heterocycles. The smallest absolute Gasteiger partial charge is 0.214 e. The van der Waals surface area contributed by atoms with Gasteiger partial charge in [-0.15, -0.1) is 11.8 Å². The van der Waals surface area contributed by atoms with Gasteiger partial charge in [0.25, 0.3) is 0 Å². The van der Waals surface area contributed by atoms with Crippen LogP contribution in [0.25, 0.3) is 0 Å². The number of para-hydroxylation sites is 1. The minimum absolute atomic E-state index is 0.480. The number of anilines is 2. The average Bonchev–Trinajstić information content (AvgIpc) is 2.30. The van der Waals surface area contributed by atoms with E-state index in [2.05, 4.69) is 10.3 Å². The summed E-state index contributed by atoms with van der Waals surface area (Å²) in [6.45, 7) is 0. The largest absolute Gasteiger partial charge is 0.354 e. The number of aromatic nitrogens is 1. The fourth-order valence-corrected chi connectivity index (χ4v) is 1.94. The van der Waals surface area contributed by atoms with Crippen LogP contribution in [0.3, 0.4) is 0 Å². The molecule has 2 aromatic rings. The van der Waals surface area contributed by atoms with E-state index in [1.54, 1.807) is 17.8 Å². The van der Waals surface area contributed by atoms with Crippen molar-refractivity contribution in [1.29, 1.82) is 0 Å². The van der Waals surface area contributed by atoms with Crippen molar-refractivity contribution in [2.24, 2.45) is 0 Å². The molecule has 0 aliphatic heterocycles. The Bertz CT molecular complexity index is 488. The second kappa shape index (κ2) is 4.99. The van der Waals surface area contributed by atoms with Crippen LogP contribution in [0.15, 0.2) is 47.5 Å². The number of thioether (sulfide) groups is 1. The van der Waals surface area contributed by atoms with Crippen LogP contribution in [0.5, 0.6) is 0 Å². The van der Waals surface area contributed by atoms with E-state index in [9.17, 15) is 4.39 Å². The average molecular weight is 234 g/mol. The number of hydrogen-bond acceptors (Lipinski definition) is 3. The fraction of sp³-hybridized carbons (Fsp3) is 0.0833. The highest BCUT2D eigenvalue weighted by Gasteiger charge is 2.01. The number of nitrogens with one attached hydrogen (secondary N) is 1. The summed E-state index contributed by atoms with van der Waals surface area (Å²) in [6, 6.07) is 11.0. The number of nitrogens with zero attached hydrogens (tertiary/aromatic N) is 1. The quantitative estimate of drug-likeness (QED) is 0.647. The normalized spacial score (nSPS) is 10.1. The highest BCUT2D eigenvalue weighted by Crippen LogP contribution is 2.27. The second-order valence-corrected chi connectivity index (χ2v) is 4.04. The van der Waals surface area contributed by atoms with E-state index in [-0.39, 0.29) is 0 Å². The number of benzene rings is 1. The fourth-order valence-electron chi connectivity index (χ4n) is 1.38. The zero-order valence-electron chi connectivity index (χ0n) is 8.77. The van der Waals surface area contributed by atoms with E-state index in [1.807, 2.05) is 30.5 Å². The molecule has 2 rings (SSSR count). The van der Waals surface area contributed by atoms with Gasteiger partial charge in [-0.25, -0.2) is 4.98 Å². The Labute approximate surface area is 97.9 Å². The molecule has 16 heavy (non-hydrogen) atoms. The first-order chi connectivity index (χ1) is 7.79. The molecule has 0 unspecified atom stereocenters. The first-order valence-corrected chi connectivity index (χ1v) is 6.03. The highest BCUT2D eigenvalue weighted by atomic mass is 32.2. The lowest BCUT2D eigenvalue weighted by Crippen LogP contribution is -1.93. The summed E-state index contributed by atoms with van der Waals surface area (Å²) in [5, 5.41) is 3.16. The van der Waals surface area contributed by atoms with Gasteiger partial charge < -0.3 is 5.32 Å². The Kier molecular flexibility index (Phi) is 3.41. The molecule has 0 saturated heterocycles. The minimum Gasteiger partial charge on any atom is -0.354 e. The first kappa shape index (κ1) is 11.0. The lowest BCUT2D eigenvalue weighted by Gasteiger charge is -2.09. The van der Waals surface area contributed by atoms with Crippen molar-refractivity contribution in [3.05, 3.63) is 48.5 Å². The van der Waals surface area contributed by atoms with E-state index in [1.165, 1.54) is 12.3 Å². The van der Waals surface area contributed by atoms with Gasteiger partial charge in [0.2, 0.25) is 5.95 Å². The summed E-state index contributed by atoms with van der Waals surface area (Å²) in [4.78, 5) is 4.64. The van der Waals surface area contributed by atoms with Crippen LogP contribution >= 0.6 is 11.8 Å². The molecule has 2 nitrogen and oxygen atoms in total. The van der Waals surface area contributed by atoms with Gasteiger partial charge in [-0.2, -0.15) is 4.39 Å². The van der Waals surface area contributed by atoms with Gasteiger partial charge in [-0.05, 0) is 24.5 Å². The van der Waals surface area contributed by atoms with Crippen LogP contribution in [0.4, 0.5) is 15.8 Å². The zero-order valence-corrected chi connectivity index (χ0v) is 9.59. The molecule has 82 valence electrons. The maximum atomic E-state index is 12.9. The lowest BCUT2D eigenvalue weighted by molar-refractivity contribution is 0.584. The predicted octanol–water partition coefficient (Wildman–Crippen LogP) is 3.69. The maximum Gasteiger partial charge on any atom is 0.214 e. The summed E-state index contributed by atoms with van der Waals surface area (Å²) in [5.74, 6) is -0.480. The maximum absolute atomic E-state index is 12.9. The van der Waals surface area contributed by atoms with Crippen LogP contribution in [-0.2, 0) is 0 Å². The van der Waals surface area contributed by atoms with Gasteiger partial charge in [0.15, 0.2) is 0 Å². The summed E-state index contributed by atoms with van der Waals surface area (Å²) in [7, 11) is 0. The van der Waals surface area contributed by atoms with Crippen molar-refractivity contribution < 1.29 is 4.39 Å². The van der Waals surface area contributed by atoms with Gasteiger partial charge in [-0.1, -0.05) is 12.1 Å². The SMILES string of the molecule is CSc1ccccc1Nc1ccnc(F)c1. The van der Waals surface area contributed by atoms with E-state index in [4.69, 9.17) is 0 Å². The standard InChI is InChI=1S/C12H11FN2S/c1-16-11-5-3-2-4-10(11)15-9-6-7-14-12(13)8-9/h2-8H,1H3,(H,14,15). The molecule has 0 aliphatic rings. The molecule has 0 aliphatic carbocycles. The molecule has 0 bridgehead atoms. The summed E-state index contributed by atoms with van der Waals surface area (Å²) in [5.41, 5.74) is 1.68. The van der Waals surface area contributed by atoms with E-state index in [0.29, 0.717) is 5.69 Å². The van der Waals surface area contributed by atoms with Crippen molar-refractivity contribution in [1.82, 2.24) is 4.98 Å². The van der Waals surface area contributed by atoms with E-state index >= 15 is 0 Å². The molecule has 0 radical (unpaired) electrons. The van der Waals surface area contributed by atoms with Crippen molar-refractivity contribution in [3.8, 4) is 0 Å². The van der Waals surface area contributed by atoms with Crippen molar-refractivity contribution in [3.63, 3.8) is 0 Å². The number of pyridine rings is 1. The third-order valence-corrected chi connectivity index (χ3v) is 2.91. The number of halogens is 1. The Morgan fingerprint density at radius 2 is 2.06 bits per heavy atom. The third kappa shape index (κ3) is 2.52. The molecule has 0 atom stereocenters. The molecule has 1 aromatic carbocycles. The molecular formula is C12H11FN2S. The number of hydrogen-bond donors (Lipinski definition) is 1. The molecular weight excluding hydrogens is 223 g/mol.